The predicted molar refractivity (Wildman–Crippen MR) is 129 cm³/mol. The third-order valence-corrected chi connectivity index (χ3v) is 5.93. The summed E-state index contributed by atoms with van der Waals surface area (Å²) in [7, 11) is 1.68. The molecule has 0 aliphatic rings. The second-order valence-corrected chi connectivity index (χ2v) is 9.13. The minimum absolute atomic E-state index is 0.114. The first-order valence-corrected chi connectivity index (χ1v) is 11.2. The van der Waals surface area contributed by atoms with Gasteiger partial charge in [-0.25, -0.2) is 9.78 Å². The highest BCUT2D eigenvalue weighted by molar-refractivity contribution is 6.30. The lowest BCUT2D eigenvalue weighted by Crippen LogP contribution is -2.50. The lowest BCUT2D eigenvalue weighted by Gasteiger charge is -2.30. The summed E-state index contributed by atoms with van der Waals surface area (Å²) in [5, 5.41) is 13.0. The number of nitrogens with one attached hydrogen (secondary N) is 1. The number of nitriles is 1. The molecule has 7 nitrogen and oxygen atoms in total. The highest BCUT2D eigenvalue weighted by Crippen LogP contribution is 2.27. The van der Waals surface area contributed by atoms with E-state index in [-0.39, 0.29) is 17.8 Å². The van der Waals surface area contributed by atoms with Gasteiger partial charge in [0.1, 0.15) is 0 Å². The first kappa shape index (κ1) is 25.0. The van der Waals surface area contributed by atoms with Crippen LogP contribution in [0.4, 0.5) is 0 Å². The molecule has 0 saturated carbocycles. The van der Waals surface area contributed by atoms with Gasteiger partial charge < -0.3 is 14.6 Å². The molecule has 1 heterocycles. The second kappa shape index (κ2) is 10.5. The molecular formula is C26H27ClN4O3. The van der Waals surface area contributed by atoms with Gasteiger partial charge in [0, 0.05) is 36.4 Å². The SMILES string of the molecule is C[C@H](NC(=O)C(C)(C)OC(=O)c1nccn1C)[C@@H](Cc1ccc(Cl)cc1)c1cccc(C#N)c1. The Morgan fingerprint density at radius 1 is 1.24 bits per heavy atom. The fraction of sp³-hybridized carbons (Fsp3) is 0.308. The number of hydrogen-bond donors (Lipinski definition) is 1. The van der Waals surface area contributed by atoms with Gasteiger partial charge >= 0.3 is 5.97 Å². The van der Waals surface area contributed by atoms with Crippen LogP contribution in [0.3, 0.4) is 0 Å². The number of nitrogens with zero attached hydrogens (tertiary/aromatic N) is 3. The Kier molecular flexibility index (Phi) is 7.75. The van der Waals surface area contributed by atoms with Crippen molar-refractivity contribution in [2.45, 2.75) is 44.8 Å². The average molecular weight is 479 g/mol. The molecule has 2 atom stereocenters. The van der Waals surface area contributed by atoms with Crippen LogP contribution in [0, 0.1) is 11.3 Å². The van der Waals surface area contributed by atoms with E-state index in [1.807, 2.05) is 49.4 Å². The summed E-state index contributed by atoms with van der Waals surface area (Å²) in [4.78, 5) is 29.6. The third kappa shape index (κ3) is 6.03. The Labute approximate surface area is 204 Å². The molecule has 34 heavy (non-hydrogen) atoms. The molecule has 1 aromatic heterocycles. The normalized spacial score (nSPS) is 12.9. The molecule has 1 amide bonds. The topological polar surface area (TPSA) is 97.0 Å². The average Bonchev–Trinajstić information content (AvgIpc) is 3.24. The summed E-state index contributed by atoms with van der Waals surface area (Å²) in [6.07, 6.45) is 3.73. The second-order valence-electron chi connectivity index (χ2n) is 8.70. The van der Waals surface area contributed by atoms with Gasteiger partial charge in [-0.2, -0.15) is 5.26 Å². The van der Waals surface area contributed by atoms with Gasteiger partial charge in [-0.3, -0.25) is 4.79 Å². The van der Waals surface area contributed by atoms with E-state index in [9.17, 15) is 14.9 Å². The molecule has 2 aromatic carbocycles. The van der Waals surface area contributed by atoms with E-state index >= 15 is 0 Å². The van der Waals surface area contributed by atoms with Crippen molar-refractivity contribution < 1.29 is 14.3 Å². The Hall–Kier alpha value is -3.63. The van der Waals surface area contributed by atoms with E-state index in [0.717, 1.165) is 11.1 Å². The Balaban J connectivity index is 1.80. The number of ether oxygens (including phenoxy) is 1. The number of carbonyl (C=O) groups excluding carboxylic acids is 2. The molecule has 0 spiro atoms. The van der Waals surface area contributed by atoms with Crippen molar-refractivity contribution in [1.29, 1.82) is 5.26 Å². The molecule has 0 radical (unpaired) electrons. The largest absolute Gasteiger partial charge is 0.444 e. The van der Waals surface area contributed by atoms with Crippen molar-refractivity contribution in [3.05, 3.63) is 88.5 Å². The van der Waals surface area contributed by atoms with Crippen LogP contribution < -0.4 is 5.32 Å². The van der Waals surface area contributed by atoms with Crippen molar-refractivity contribution in [2.75, 3.05) is 0 Å². The van der Waals surface area contributed by atoms with Crippen molar-refractivity contribution >= 4 is 23.5 Å². The van der Waals surface area contributed by atoms with E-state index in [1.165, 1.54) is 10.8 Å². The number of aromatic nitrogens is 2. The first-order chi connectivity index (χ1) is 16.1. The van der Waals surface area contributed by atoms with Crippen molar-refractivity contribution in [3.8, 4) is 6.07 Å². The Morgan fingerprint density at radius 2 is 1.94 bits per heavy atom. The van der Waals surface area contributed by atoms with Gasteiger partial charge in [0.05, 0.1) is 11.6 Å². The van der Waals surface area contributed by atoms with Crippen molar-refractivity contribution in [2.24, 2.45) is 7.05 Å². The van der Waals surface area contributed by atoms with Crippen LogP contribution in [0.2, 0.25) is 5.02 Å². The Bertz CT molecular complexity index is 1210. The number of benzene rings is 2. The summed E-state index contributed by atoms with van der Waals surface area (Å²) in [6.45, 7) is 4.98. The highest BCUT2D eigenvalue weighted by Gasteiger charge is 2.35. The number of aryl methyl sites for hydroxylation is 1. The van der Waals surface area contributed by atoms with E-state index in [2.05, 4.69) is 16.4 Å². The van der Waals surface area contributed by atoms with Crippen LogP contribution in [0.15, 0.2) is 60.9 Å². The molecule has 0 bridgehead atoms. The van der Waals surface area contributed by atoms with E-state index in [0.29, 0.717) is 17.0 Å². The van der Waals surface area contributed by atoms with Gasteiger partial charge in [0.25, 0.3) is 5.91 Å². The maximum atomic E-state index is 13.1. The van der Waals surface area contributed by atoms with Gasteiger partial charge in [-0.15, -0.1) is 0 Å². The summed E-state index contributed by atoms with van der Waals surface area (Å²) in [6, 6.07) is 16.7. The molecule has 8 heteroatoms. The monoisotopic (exact) mass is 478 g/mol. The van der Waals surface area contributed by atoms with Crippen LogP contribution in [0.5, 0.6) is 0 Å². The zero-order chi connectivity index (χ0) is 24.9. The van der Waals surface area contributed by atoms with Crippen LogP contribution >= 0.6 is 11.6 Å². The molecule has 0 unspecified atom stereocenters. The van der Waals surface area contributed by atoms with Gasteiger partial charge in [0.2, 0.25) is 5.82 Å². The predicted octanol–water partition coefficient (Wildman–Crippen LogP) is 4.41. The highest BCUT2D eigenvalue weighted by atomic mass is 35.5. The summed E-state index contributed by atoms with van der Waals surface area (Å²) >= 11 is 6.03. The fourth-order valence-electron chi connectivity index (χ4n) is 3.66. The summed E-state index contributed by atoms with van der Waals surface area (Å²) < 4.78 is 7.02. The fourth-order valence-corrected chi connectivity index (χ4v) is 3.79. The smallest absolute Gasteiger partial charge is 0.375 e. The zero-order valence-electron chi connectivity index (χ0n) is 19.6. The van der Waals surface area contributed by atoms with Gasteiger partial charge in [0.15, 0.2) is 5.60 Å². The zero-order valence-corrected chi connectivity index (χ0v) is 20.3. The number of hydrogen-bond acceptors (Lipinski definition) is 5. The third-order valence-electron chi connectivity index (χ3n) is 5.67. The molecule has 0 fully saturated rings. The molecule has 0 saturated heterocycles. The molecule has 176 valence electrons. The van der Waals surface area contributed by atoms with Crippen LogP contribution in [0.25, 0.3) is 0 Å². The maximum absolute atomic E-state index is 13.1. The Morgan fingerprint density at radius 3 is 2.56 bits per heavy atom. The van der Waals surface area contributed by atoms with Gasteiger partial charge in [-0.05, 0) is 62.6 Å². The maximum Gasteiger partial charge on any atom is 0.375 e. The molecule has 3 aromatic rings. The molecule has 0 aliphatic heterocycles. The lowest BCUT2D eigenvalue weighted by atomic mass is 9.85. The van der Waals surface area contributed by atoms with E-state index < -0.39 is 17.5 Å². The number of halogens is 1. The standard InChI is InChI=1S/C26H27ClN4O3/c1-17(30-25(33)26(2,3)34-24(32)23-29-12-13-31(23)4)22(15-18-8-10-21(27)11-9-18)20-7-5-6-19(14-20)16-28/h5-14,17,22H,15H2,1-4H3,(H,30,33)/t17-,22+/m0/s1. The lowest BCUT2D eigenvalue weighted by molar-refractivity contribution is -0.138. The summed E-state index contributed by atoms with van der Waals surface area (Å²) in [5.74, 6) is -1.14. The van der Waals surface area contributed by atoms with Crippen molar-refractivity contribution in [1.82, 2.24) is 14.9 Å². The first-order valence-electron chi connectivity index (χ1n) is 10.9. The quantitative estimate of drug-likeness (QED) is 0.483. The van der Waals surface area contributed by atoms with Crippen molar-refractivity contribution in [3.63, 3.8) is 0 Å². The molecule has 1 N–H and O–H groups in total. The summed E-state index contributed by atoms with van der Waals surface area (Å²) in [5.41, 5.74) is 1.08. The number of rotatable bonds is 8. The minimum Gasteiger partial charge on any atom is -0.444 e. The number of imidazole rings is 1. The van der Waals surface area contributed by atoms with Crippen LogP contribution in [0.1, 0.15) is 54.0 Å². The van der Waals surface area contributed by atoms with Crippen LogP contribution in [-0.2, 0) is 23.0 Å². The minimum atomic E-state index is -1.42. The van der Waals surface area contributed by atoms with Gasteiger partial charge in [-0.1, -0.05) is 35.9 Å². The molecule has 3 rings (SSSR count). The molecular weight excluding hydrogens is 452 g/mol. The van der Waals surface area contributed by atoms with Crippen LogP contribution in [-0.4, -0.2) is 33.1 Å². The van der Waals surface area contributed by atoms with E-state index in [1.54, 1.807) is 33.2 Å². The van der Waals surface area contributed by atoms with E-state index in [4.69, 9.17) is 16.3 Å². The number of carbonyl (C=O) groups is 2. The number of amides is 1. The number of esters is 1. The molecule has 0 aliphatic carbocycles.